The van der Waals surface area contributed by atoms with Crippen molar-refractivity contribution in [1.82, 2.24) is 23.7 Å². The maximum atomic E-state index is 12.9. The van der Waals surface area contributed by atoms with E-state index >= 15 is 0 Å². The highest BCUT2D eigenvalue weighted by molar-refractivity contribution is 7.13. The molecule has 3 aromatic heterocycles. The number of hydrogen-bond acceptors (Lipinski definition) is 7. The van der Waals surface area contributed by atoms with Gasteiger partial charge in [-0.1, -0.05) is 35.8 Å². The number of aryl methyl sites for hydroxylation is 1. The Hall–Kier alpha value is -3.39. The quantitative estimate of drug-likeness (QED) is 0.426. The molecule has 1 aromatic carbocycles. The van der Waals surface area contributed by atoms with Crippen molar-refractivity contribution >= 4 is 51.5 Å². The molecule has 0 bridgehead atoms. The molecule has 0 fully saturated rings. The van der Waals surface area contributed by atoms with Crippen LogP contribution in [-0.2, 0) is 13.6 Å². The minimum absolute atomic E-state index is 0.206. The molecule has 1 atom stereocenters. The van der Waals surface area contributed by atoms with Crippen molar-refractivity contribution in [2.75, 3.05) is 5.32 Å². The molecule has 0 saturated carbocycles. The van der Waals surface area contributed by atoms with Crippen molar-refractivity contribution in [1.29, 1.82) is 5.26 Å². The van der Waals surface area contributed by atoms with Crippen molar-refractivity contribution in [3.05, 3.63) is 73.1 Å². The van der Waals surface area contributed by atoms with Gasteiger partial charge in [0.1, 0.15) is 17.4 Å². The molecule has 0 spiro atoms. The zero-order chi connectivity index (χ0) is 23.9. The van der Waals surface area contributed by atoms with Crippen LogP contribution >= 0.6 is 34.5 Å². The summed E-state index contributed by atoms with van der Waals surface area (Å²) in [6.07, 6.45) is 1.47. The Balaban J connectivity index is 1.64. The molecule has 0 aliphatic rings. The molecule has 0 radical (unpaired) electrons. The second-order valence-electron chi connectivity index (χ2n) is 7.21. The Bertz CT molecular complexity index is 1560. The van der Waals surface area contributed by atoms with Gasteiger partial charge in [-0.15, -0.1) is 11.3 Å². The standard InChI is InChI=1S/C21H17Cl2N7O2S/c1-11(26-16-9-33-19(27-16)13-4-5-14(22)15(23)8-13)12(2)30-10-25-18-17(30)20(31)29(7-6-24)21(32)28(18)3/h4-5,8-10,12,26H,1,7H2,2-3H3/t12-/m0/s1. The van der Waals surface area contributed by atoms with Crippen molar-refractivity contribution in [3.63, 3.8) is 0 Å². The van der Waals surface area contributed by atoms with Gasteiger partial charge in [0.15, 0.2) is 11.2 Å². The Kier molecular flexibility index (Phi) is 6.12. The maximum absolute atomic E-state index is 12.9. The first-order valence-electron chi connectivity index (χ1n) is 9.63. The maximum Gasteiger partial charge on any atom is 0.333 e. The van der Waals surface area contributed by atoms with Gasteiger partial charge in [-0.05, 0) is 19.1 Å². The number of allylic oxidation sites excluding steroid dienone is 1. The molecule has 33 heavy (non-hydrogen) atoms. The lowest BCUT2D eigenvalue weighted by Gasteiger charge is -2.18. The van der Waals surface area contributed by atoms with Crippen molar-refractivity contribution in [2.24, 2.45) is 7.05 Å². The number of fused-ring (bicyclic) bond motifs is 1. The van der Waals surface area contributed by atoms with E-state index in [1.165, 1.54) is 29.3 Å². The summed E-state index contributed by atoms with van der Waals surface area (Å²) in [5.74, 6) is 0.580. The van der Waals surface area contributed by atoms with Crippen LogP contribution in [0.4, 0.5) is 5.82 Å². The molecule has 4 rings (SSSR count). The SMILES string of the molecule is C=C(Nc1csc(-c2ccc(Cl)c(Cl)c2)n1)[C@H](C)n1cnc2c1c(=O)n(CC#N)c(=O)n2C. The molecule has 3 heterocycles. The van der Waals surface area contributed by atoms with E-state index in [0.717, 1.165) is 15.1 Å². The lowest BCUT2D eigenvalue weighted by molar-refractivity contribution is 0.631. The van der Waals surface area contributed by atoms with Gasteiger partial charge >= 0.3 is 5.69 Å². The van der Waals surface area contributed by atoms with E-state index in [1.807, 2.05) is 24.4 Å². The summed E-state index contributed by atoms with van der Waals surface area (Å²) in [5, 5.41) is 15.7. The number of thiazole rings is 1. The predicted molar refractivity (Wildman–Crippen MR) is 130 cm³/mol. The number of anilines is 1. The Labute approximate surface area is 201 Å². The Morgan fingerprint density at radius 2 is 2.09 bits per heavy atom. The number of hydrogen-bond donors (Lipinski definition) is 1. The minimum Gasteiger partial charge on any atom is -0.342 e. The number of halogens is 2. The molecular formula is C21H17Cl2N7O2S. The fourth-order valence-electron chi connectivity index (χ4n) is 3.32. The van der Waals surface area contributed by atoms with E-state index in [1.54, 1.807) is 16.7 Å². The zero-order valence-electron chi connectivity index (χ0n) is 17.5. The number of rotatable bonds is 6. The molecule has 9 nitrogen and oxygen atoms in total. The van der Waals surface area contributed by atoms with Crippen LogP contribution in [0.25, 0.3) is 21.7 Å². The van der Waals surface area contributed by atoms with Gasteiger partial charge in [-0.2, -0.15) is 5.26 Å². The topological polar surface area (TPSA) is 111 Å². The summed E-state index contributed by atoms with van der Waals surface area (Å²) in [5.41, 5.74) is 0.650. The van der Waals surface area contributed by atoms with Crippen LogP contribution < -0.4 is 16.6 Å². The van der Waals surface area contributed by atoms with E-state index in [9.17, 15) is 9.59 Å². The smallest absolute Gasteiger partial charge is 0.333 e. The summed E-state index contributed by atoms with van der Waals surface area (Å²) >= 11 is 13.5. The summed E-state index contributed by atoms with van der Waals surface area (Å²) < 4.78 is 3.75. The summed E-state index contributed by atoms with van der Waals surface area (Å²) in [6.45, 7) is 5.57. The van der Waals surface area contributed by atoms with Crippen LogP contribution in [0.15, 0.2) is 51.8 Å². The molecule has 1 N–H and O–H groups in total. The molecule has 12 heteroatoms. The zero-order valence-corrected chi connectivity index (χ0v) is 19.9. The third-order valence-electron chi connectivity index (χ3n) is 5.17. The van der Waals surface area contributed by atoms with E-state index in [2.05, 4.69) is 21.9 Å². The lowest BCUT2D eigenvalue weighted by Crippen LogP contribution is -2.39. The van der Waals surface area contributed by atoms with Crippen LogP contribution in [-0.4, -0.2) is 23.7 Å². The highest BCUT2D eigenvalue weighted by Crippen LogP contribution is 2.32. The average molecular weight is 502 g/mol. The number of nitrogens with one attached hydrogen (secondary N) is 1. The average Bonchev–Trinajstić information content (AvgIpc) is 3.44. The van der Waals surface area contributed by atoms with Gasteiger partial charge in [0.05, 0.1) is 28.5 Å². The number of imidazole rings is 1. The lowest BCUT2D eigenvalue weighted by atomic mass is 10.2. The molecule has 0 aliphatic heterocycles. The van der Waals surface area contributed by atoms with Gasteiger partial charge in [0.25, 0.3) is 5.56 Å². The highest BCUT2D eigenvalue weighted by Gasteiger charge is 2.20. The molecule has 0 saturated heterocycles. The number of aromatic nitrogens is 5. The third kappa shape index (κ3) is 4.06. The largest absolute Gasteiger partial charge is 0.342 e. The van der Waals surface area contributed by atoms with E-state index in [-0.39, 0.29) is 17.7 Å². The van der Waals surface area contributed by atoms with Gasteiger partial charge < -0.3 is 9.88 Å². The minimum atomic E-state index is -0.596. The van der Waals surface area contributed by atoms with Crippen LogP contribution in [0.5, 0.6) is 0 Å². The predicted octanol–water partition coefficient (Wildman–Crippen LogP) is 4.04. The van der Waals surface area contributed by atoms with E-state index in [0.29, 0.717) is 21.6 Å². The van der Waals surface area contributed by atoms with Gasteiger partial charge in [-0.25, -0.2) is 19.3 Å². The molecule has 0 amide bonds. The van der Waals surface area contributed by atoms with Crippen LogP contribution in [0.1, 0.15) is 13.0 Å². The number of nitrogens with zero attached hydrogens (tertiary/aromatic N) is 6. The molecule has 0 aliphatic carbocycles. The first kappa shape index (κ1) is 22.8. The molecule has 4 aromatic rings. The van der Waals surface area contributed by atoms with Gasteiger partial charge in [-0.3, -0.25) is 9.36 Å². The third-order valence-corrected chi connectivity index (χ3v) is 6.80. The van der Waals surface area contributed by atoms with Crippen LogP contribution in [0.3, 0.4) is 0 Å². The van der Waals surface area contributed by atoms with Crippen molar-refractivity contribution in [2.45, 2.75) is 19.5 Å². The Morgan fingerprint density at radius 1 is 1.33 bits per heavy atom. The van der Waals surface area contributed by atoms with Crippen molar-refractivity contribution < 1.29 is 0 Å². The van der Waals surface area contributed by atoms with Crippen LogP contribution in [0.2, 0.25) is 10.0 Å². The van der Waals surface area contributed by atoms with Crippen LogP contribution in [0, 0.1) is 11.3 Å². The second kappa shape index (κ2) is 8.86. The van der Waals surface area contributed by atoms with Gasteiger partial charge in [0, 0.05) is 23.7 Å². The fourth-order valence-corrected chi connectivity index (χ4v) is 4.37. The summed E-state index contributed by atoms with van der Waals surface area (Å²) in [4.78, 5) is 34.1. The van der Waals surface area contributed by atoms with Gasteiger partial charge in [0.2, 0.25) is 0 Å². The molecule has 168 valence electrons. The molecule has 0 unspecified atom stereocenters. The highest BCUT2D eigenvalue weighted by atomic mass is 35.5. The Morgan fingerprint density at radius 3 is 2.79 bits per heavy atom. The van der Waals surface area contributed by atoms with E-state index in [4.69, 9.17) is 28.5 Å². The molecular weight excluding hydrogens is 485 g/mol. The van der Waals surface area contributed by atoms with Crippen molar-refractivity contribution in [3.8, 4) is 16.6 Å². The van der Waals surface area contributed by atoms with E-state index < -0.39 is 17.3 Å². The normalized spacial score (nSPS) is 12.0. The summed E-state index contributed by atoms with van der Waals surface area (Å²) in [7, 11) is 1.51. The number of nitriles is 1. The summed E-state index contributed by atoms with van der Waals surface area (Å²) in [6, 6.07) is 6.73. The second-order valence-corrected chi connectivity index (χ2v) is 8.88. The number of benzene rings is 1. The monoisotopic (exact) mass is 501 g/mol. The first-order valence-corrected chi connectivity index (χ1v) is 11.3. The fraction of sp³-hybridized carbons (Fsp3) is 0.190. The first-order chi connectivity index (χ1) is 15.7.